The molecule has 3 aromatic rings. The van der Waals surface area contributed by atoms with Gasteiger partial charge in [0, 0.05) is 42.7 Å². The zero-order valence-electron chi connectivity index (χ0n) is 18.3. The minimum absolute atomic E-state index is 0.0701. The van der Waals surface area contributed by atoms with Crippen molar-refractivity contribution in [1.29, 1.82) is 0 Å². The lowest BCUT2D eigenvalue weighted by Gasteiger charge is -2.31. The van der Waals surface area contributed by atoms with Crippen LogP contribution in [0, 0.1) is 17.7 Å². The van der Waals surface area contributed by atoms with Gasteiger partial charge in [0.15, 0.2) is 0 Å². The van der Waals surface area contributed by atoms with E-state index < -0.39 is 0 Å². The number of phenolic OH excluding ortho intramolecular Hbond substituents is 1. The lowest BCUT2D eigenvalue weighted by Crippen LogP contribution is -2.44. The van der Waals surface area contributed by atoms with Gasteiger partial charge in [0.2, 0.25) is 11.8 Å². The van der Waals surface area contributed by atoms with E-state index in [1.807, 2.05) is 6.92 Å². The molecule has 2 aliphatic heterocycles. The first-order chi connectivity index (χ1) is 15.5. The van der Waals surface area contributed by atoms with Crippen LogP contribution < -0.4 is 9.64 Å². The van der Waals surface area contributed by atoms with Crippen LogP contribution >= 0.6 is 0 Å². The van der Waals surface area contributed by atoms with Crippen LogP contribution in [0.15, 0.2) is 24.3 Å². The smallest absolute Gasteiger partial charge is 0.322 e. The maximum Gasteiger partial charge on any atom is 0.322 e. The molecule has 2 fully saturated rings. The summed E-state index contributed by atoms with van der Waals surface area (Å²) in [6.07, 6.45) is 0.512. The summed E-state index contributed by atoms with van der Waals surface area (Å²) in [7, 11) is 1.51. The Hall–Kier alpha value is -3.44. The minimum atomic E-state index is -0.286. The molecule has 1 aromatic heterocycles. The normalized spacial score (nSPS) is 21.6. The second-order valence-electron chi connectivity index (χ2n) is 8.27. The van der Waals surface area contributed by atoms with Crippen molar-refractivity contribution in [3.8, 4) is 23.6 Å². The van der Waals surface area contributed by atoms with Crippen LogP contribution in [0.4, 0.5) is 10.3 Å². The first-order valence-electron chi connectivity index (χ1n) is 10.7. The SMILES string of the molecule is CCc1c(F)ccc2cc(O)cc(C#Cc3nc(OC)nc(N4CC(C)N5CC5C4)n3)c12. The summed E-state index contributed by atoms with van der Waals surface area (Å²) in [5, 5.41) is 11.6. The Kier molecular flexibility index (Phi) is 5.06. The number of ether oxygens (including phenoxy) is 1. The number of aromatic hydroxyl groups is 1. The largest absolute Gasteiger partial charge is 0.508 e. The highest BCUT2D eigenvalue weighted by Gasteiger charge is 2.44. The van der Waals surface area contributed by atoms with Gasteiger partial charge in [-0.2, -0.15) is 15.0 Å². The Morgan fingerprint density at radius 3 is 2.75 bits per heavy atom. The molecule has 5 rings (SSSR count). The molecule has 8 heteroatoms. The Morgan fingerprint density at radius 1 is 1.16 bits per heavy atom. The van der Waals surface area contributed by atoms with E-state index >= 15 is 0 Å². The number of rotatable bonds is 3. The van der Waals surface area contributed by atoms with E-state index in [0.717, 1.165) is 25.0 Å². The van der Waals surface area contributed by atoms with Gasteiger partial charge in [-0.3, -0.25) is 4.90 Å². The van der Waals surface area contributed by atoms with Gasteiger partial charge < -0.3 is 14.7 Å². The second kappa shape index (κ2) is 7.92. The van der Waals surface area contributed by atoms with Crippen molar-refractivity contribution in [3.63, 3.8) is 0 Å². The van der Waals surface area contributed by atoms with Crippen LogP contribution in [0.25, 0.3) is 10.8 Å². The van der Waals surface area contributed by atoms with Crippen LogP contribution in [-0.2, 0) is 6.42 Å². The molecule has 2 aromatic carbocycles. The maximum absolute atomic E-state index is 14.4. The van der Waals surface area contributed by atoms with E-state index in [1.165, 1.54) is 13.2 Å². The highest BCUT2D eigenvalue weighted by molar-refractivity contribution is 5.92. The molecule has 3 unspecified atom stereocenters. The third-order valence-electron chi connectivity index (χ3n) is 6.12. The predicted octanol–water partition coefficient (Wildman–Crippen LogP) is 2.73. The molecule has 3 heterocycles. The molecular formula is C24H24FN5O2. The zero-order valence-corrected chi connectivity index (χ0v) is 18.3. The van der Waals surface area contributed by atoms with Crippen LogP contribution in [0.3, 0.4) is 0 Å². The fourth-order valence-corrected chi connectivity index (χ4v) is 4.52. The number of aryl methyl sites for hydroxylation is 1. The fourth-order valence-electron chi connectivity index (χ4n) is 4.52. The summed E-state index contributed by atoms with van der Waals surface area (Å²) in [6, 6.07) is 7.40. The van der Waals surface area contributed by atoms with Gasteiger partial charge in [-0.15, -0.1) is 0 Å². The average molecular weight is 433 g/mol. The maximum atomic E-state index is 14.4. The number of methoxy groups -OCH3 is 1. The number of fused-ring (bicyclic) bond motifs is 2. The monoisotopic (exact) mass is 433 g/mol. The minimum Gasteiger partial charge on any atom is -0.508 e. The highest BCUT2D eigenvalue weighted by Crippen LogP contribution is 2.31. The molecule has 2 aliphatic rings. The van der Waals surface area contributed by atoms with Crippen molar-refractivity contribution in [2.45, 2.75) is 32.4 Å². The molecule has 32 heavy (non-hydrogen) atoms. The number of piperazine rings is 1. The lowest BCUT2D eigenvalue weighted by atomic mass is 9.97. The summed E-state index contributed by atoms with van der Waals surface area (Å²) >= 11 is 0. The van der Waals surface area contributed by atoms with E-state index in [1.54, 1.807) is 18.2 Å². The van der Waals surface area contributed by atoms with Crippen molar-refractivity contribution >= 4 is 16.7 Å². The van der Waals surface area contributed by atoms with Crippen molar-refractivity contribution < 1.29 is 14.2 Å². The summed E-state index contributed by atoms with van der Waals surface area (Å²) in [4.78, 5) is 17.9. The molecule has 0 amide bonds. The topological polar surface area (TPSA) is 74.4 Å². The highest BCUT2D eigenvalue weighted by atomic mass is 19.1. The van der Waals surface area contributed by atoms with E-state index in [2.05, 4.69) is 43.5 Å². The summed E-state index contributed by atoms with van der Waals surface area (Å²) < 4.78 is 19.7. The molecule has 0 radical (unpaired) electrons. The number of hydrogen-bond acceptors (Lipinski definition) is 7. The number of hydrogen-bond donors (Lipinski definition) is 1. The van der Waals surface area contributed by atoms with E-state index in [0.29, 0.717) is 41.0 Å². The van der Waals surface area contributed by atoms with Crippen LogP contribution in [-0.4, -0.2) is 63.8 Å². The molecule has 0 bridgehead atoms. The predicted molar refractivity (Wildman–Crippen MR) is 119 cm³/mol. The van der Waals surface area contributed by atoms with Gasteiger partial charge in [-0.05, 0) is 48.4 Å². The number of anilines is 1. The number of benzene rings is 2. The molecule has 7 nitrogen and oxygen atoms in total. The molecule has 164 valence electrons. The van der Waals surface area contributed by atoms with Crippen LogP contribution in [0.1, 0.15) is 30.8 Å². The Labute approximate surface area is 185 Å². The van der Waals surface area contributed by atoms with Crippen molar-refractivity contribution in [2.75, 3.05) is 31.6 Å². The number of aromatic nitrogens is 3. The van der Waals surface area contributed by atoms with Crippen LogP contribution in [0.2, 0.25) is 0 Å². The third kappa shape index (κ3) is 3.69. The Bertz CT molecular complexity index is 1270. The molecule has 0 aliphatic carbocycles. The summed E-state index contributed by atoms with van der Waals surface area (Å²) in [5.74, 6) is 6.61. The number of nitrogens with zero attached hydrogens (tertiary/aromatic N) is 5. The van der Waals surface area contributed by atoms with E-state index in [-0.39, 0.29) is 23.4 Å². The molecule has 3 atom stereocenters. The number of phenols is 1. The van der Waals surface area contributed by atoms with E-state index in [4.69, 9.17) is 4.74 Å². The van der Waals surface area contributed by atoms with Gasteiger partial charge >= 0.3 is 6.01 Å². The molecule has 0 saturated carbocycles. The third-order valence-corrected chi connectivity index (χ3v) is 6.12. The van der Waals surface area contributed by atoms with E-state index in [9.17, 15) is 9.50 Å². The lowest BCUT2D eigenvalue weighted by molar-refractivity contribution is 0.350. The number of halogens is 1. The van der Waals surface area contributed by atoms with Gasteiger partial charge in [-0.25, -0.2) is 4.39 Å². The quantitative estimate of drug-likeness (QED) is 0.503. The molecular weight excluding hydrogens is 409 g/mol. The summed E-state index contributed by atoms with van der Waals surface area (Å²) in [6.45, 7) is 6.88. The molecule has 0 spiro atoms. The summed E-state index contributed by atoms with van der Waals surface area (Å²) in [5.41, 5.74) is 1.09. The average Bonchev–Trinajstić information content (AvgIpc) is 3.58. The van der Waals surface area contributed by atoms with Gasteiger partial charge in [0.05, 0.1) is 7.11 Å². The van der Waals surface area contributed by atoms with Crippen molar-refractivity contribution in [3.05, 3.63) is 47.0 Å². The Balaban J connectivity index is 1.56. The van der Waals surface area contributed by atoms with Gasteiger partial charge in [-0.1, -0.05) is 18.9 Å². The standard InChI is InChI=1S/C24H24FN5O2/c1-4-19-20(25)7-5-15-9-18(31)10-16(22(15)19)6-8-21-26-23(28-24(27-21)32-3)29-11-14(2)30-13-17(30)12-29/h5,7,9-10,14,17,31H,4,11-13H2,1-3H3. The first-order valence-corrected chi connectivity index (χ1v) is 10.7. The van der Waals surface area contributed by atoms with Crippen molar-refractivity contribution in [2.24, 2.45) is 0 Å². The first kappa shape index (κ1) is 20.5. The second-order valence-corrected chi connectivity index (χ2v) is 8.27. The zero-order chi connectivity index (χ0) is 22.4. The fraction of sp³-hybridized carbons (Fsp3) is 0.375. The van der Waals surface area contributed by atoms with Gasteiger partial charge in [0.25, 0.3) is 0 Å². The molecule has 2 saturated heterocycles. The van der Waals surface area contributed by atoms with Crippen molar-refractivity contribution in [1.82, 2.24) is 19.9 Å². The Morgan fingerprint density at radius 2 is 2.00 bits per heavy atom. The van der Waals surface area contributed by atoms with Crippen LogP contribution in [0.5, 0.6) is 11.8 Å². The molecule has 1 N–H and O–H groups in total. The van der Waals surface area contributed by atoms with Gasteiger partial charge in [0.1, 0.15) is 11.6 Å².